The fourth-order valence-corrected chi connectivity index (χ4v) is 2.50. The number of anilines is 1. The molecule has 0 unspecified atom stereocenters. The predicted octanol–water partition coefficient (Wildman–Crippen LogP) is 2.16. The van der Waals surface area contributed by atoms with Crippen molar-refractivity contribution >= 4 is 11.6 Å². The lowest BCUT2D eigenvalue weighted by molar-refractivity contribution is -0.119. The number of aromatic amines is 1. The van der Waals surface area contributed by atoms with Crippen LogP contribution in [0.4, 0.5) is 5.69 Å². The van der Waals surface area contributed by atoms with E-state index in [9.17, 15) is 9.59 Å². The highest BCUT2D eigenvalue weighted by Crippen LogP contribution is 2.26. The third kappa shape index (κ3) is 2.64. The Bertz CT molecular complexity index is 651. The van der Waals surface area contributed by atoms with E-state index >= 15 is 0 Å². The molecular formula is C14H15N3O3. The molecule has 6 nitrogen and oxygen atoms in total. The van der Waals surface area contributed by atoms with Crippen LogP contribution in [0.1, 0.15) is 25.7 Å². The molecule has 1 aliphatic carbocycles. The van der Waals surface area contributed by atoms with Crippen molar-refractivity contribution in [3.05, 3.63) is 34.8 Å². The van der Waals surface area contributed by atoms with Crippen LogP contribution >= 0.6 is 0 Å². The molecule has 3 rings (SSSR count). The summed E-state index contributed by atoms with van der Waals surface area (Å²) in [4.78, 5) is 25.3. The summed E-state index contributed by atoms with van der Waals surface area (Å²) in [5.74, 6) is 0.0222. The lowest BCUT2D eigenvalue weighted by Gasteiger charge is -2.10. The molecule has 1 fully saturated rings. The van der Waals surface area contributed by atoms with Crippen LogP contribution in [-0.4, -0.2) is 16.0 Å². The Morgan fingerprint density at radius 2 is 1.95 bits per heavy atom. The Balaban J connectivity index is 1.69. The number of amides is 1. The molecule has 1 aromatic carbocycles. The van der Waals surface area contributed by atoms with Crippen LogP contribution in [0, 0.1) is 5.92 Å². The third-order valence-electron chi connectivity index (χ3n) is 3.59. The second kappa shape index (κ2) is 5.32. The van der Waals surface area contributed by atoms with Crippen molar-refractivity contribution in [2.75, 3.05) is 5.32 Å². The molecule has 0 bridgehead atoms. The molecule has 2 aromatic rings. The molecule has 0 radical (unpaired) electrons. The second-order valence-electron chi connectivity index (χ2n) is 4.99. The molecule has 6 heteroatoms. The van der Waals surface area contributed by atoms with Gasteiger partial charge in [0.15, 0.2) is 5.82 Å². The summed E-state index contributed by atoms with van der Waals surface area (Å²) in [7, 11) is 0. The van der Waals surface area contributed by atoms with Gasteiger partial charge in [-0.25, -0.2) is 4.79 Å². The van der Waals surface area contributed by atoms with E-state index in [0.717, 1.165) is 36.9 Å². The topological polar surface area (TPSA) is 88.0 Å². The molecule has 2 N–H and O–H groups in total. The van der Waals surface area contributed by atoms with E-state index in [0.29, 0.717) is 5.82 Å². The summed E-state index contributed by atoms with van der Waals surface area (Å²) in [5.41, 5.74) is 1.48. The monoisotopic (exact) mass is 273 g/mol. The molecular weight excluding hydrogens is 258 g/mol. The van der Waals surface area contributed by atoms with E-state index in [4.69, 9.17) is 0 Å². The van der Waals surface area contributed by atoms with Gasteiger partial charge in [0.05, 0.1) is 0 Å². The zero-order valence-electron chi connectivity index (χ0n) is 10.9. The van der Waals surface area contributed by atoms with Crippen molar-refractivity contribution in [3.63, 3.8) is 0 Å². The van der Waals surface area contributed by atoms with Crippen LogP contribution in [0.25, 0.3) is 11.4 Å². The van der Waals surface area contributed by atoms with E-state index in [1.54, 1.807) is 24.3 Å². The molecule has 1 heterocycles. The van der Waals surface area contributed by atoms with Crippen molar-refractivity contribution in [1.29, 1.82) is 0 Å². The Morgan fingerprint density at radius 1 is 1.25 bits per heavy atom. The number of carbonyl (C=O) groups is 1. The lowest BCUT2D eigenvalue weighted by Crippen LogP contribution is -2.20. The summed E-state index contributed by atoms with van der Waals surface area (Å²) >= 11 is 0. The van der Waals surface area contributed by atoms with Gasteiger partial charge in [-0.3, -0.25) is 14.3 Å². The number of hydrogen-bond acceptors (Lipinski definition) is 4. The number of aromatic nitrogens is 2. The van der Waals surface area contributed by atoms with E-state index in [2.05, 4.69) is 20.0 Å². The molecule has 1 aliphatic rings. The Morgan fingerprint density at radius 3 is 2.55 bits per heavy atom. The van der Waals surface area contributed by atoms with Gasteiger partial charge in [-0.15, -0.1) is 0 Å². The summed E-state index contributed by atoms with van der Waals surface area (Å²) in [6, 6.07) is 7.13. The fraction of sp³-hybridized carbons (Fsp3) is 0.357. The van der Waals surface area contributed by atoms with Gasteiger partial charge in [0, 0.05) is 17.2 Å². The third-order valence-corrected chi connectivity index (χ3v) is 3.59. The summed E-state index contributed by atoms with van der Waals surface area (Å²) in [6.07, 6.45) is 4.22. The number of rotatable bonds is 3. The maximum Gasteiger partial charge on any atom is 0.439 e. The molecule has 0 aliphatic heterocycles. The van der Waals surface area contributed by atoms with Gasteiger partial charge in [-0.2, -0.15) is 0 Å². The molecule has 1 amide bonds. The van der Waals surface area contributed by atoms with Gasteiger partial charge < -0.3 is 5.32 Å². The standard InChI is InChI=1S/C14H15N3O3/c18-13(10-3-1-2-4-10)15-11-7-5-9(6-8-11)12-16-14(19)20-17-12/h5-8,10H,1-4H2,(H,15,18)(H,16,17,19). The van der Waals surface area contributed by atoms with E-state index in [1.165, 1.54) is 0 Å². The van der Waals surface area contributed by atoms with Gasteiger partial charge in [-0.05, 0) is 37.1 Å². The van der Waals surface area contributed by atoms with E-state index < -0.39 is 5.76 Å². The van der Waals surface area contributed by atoms with Gasteiger partial charge in [-0.1, -0.05) is 18.0 Å². The maximum atomic E-state index is 12.0. The fourth-order valence-electron chi connectivity index (χ4n) is 2.50. The van der Waals surface area contributed by atoms with Crippen molar-refractivity contribution in [1.82, 2.24) is 10.1 Å². The van der Waals surface area contributed by atoms with Gasteiger partial charge in [0.25, 0.3) is 0 Å². The van der Waals surface area contributed by atoms with E-state index in [1.807, 2.05) is 0 Å². The average Bonchev–Trinajstić information content (AvgIpc) is 3.10. The van der Waals surface area contributed by atoms with Crippen molar-refractivity contribution in [2.24, 2.45) is 5.92 Å². The number of nitrogens with one attached hydrogen (secondary N) is 2. The van der Waals surface area contributed by atoms with Gasteiger partial charge in [0.1, 0.15) is 0 Å². The first-order valence-corrected chi connectivity index (χ1v) is 6.70. The molecule has 104 valence electrons. The first-order valence-electron chi connectivity index (χ1n) is 6.70. The normalized spacial score (nSPS) is 15.4. The quantitative estimate of drug-likeness (QED) is 0.897. The van der Waals surface area contributed by atoms with Crippen LogP contribution < -0.4 is 11.1 Å². The largest absolute Gasteiger partial charge is 0.439 e. The zero-order chi connectivity index (χ0) is 13.9. The predicted molar refractivity (Wildman–Crippen MR) is 73.1 cm³/mol. The average molecular weight is 273 g/mol. The van der Waals surface area contributed by atoms with Crippen LogP contribution in [-0.2, 0) is 4.79 Å². The van der Waals surface area contributed by atoms with Crippen LogP contribution in [0.2, 0.25) is 0 Å². The SMILES string of the molecule is O=C(Nc1ccc(-c2noc(=O)[nH]2)cc1)C1CCCC1. The van der Waals surface area contributed by atoms with Crippen molar-refractivity contribution in [3.8, 4) is 11.4 Å². The zero-order valence-corrected chi connectivity index (χ0v) is 10.9. The Kier molecular flexibility index (Phi) is 3.37. The summed E-state index contributed by atoms with van der Waals surface area (Å²) in [6.45, 7) is 0. The molecule has 1 saturated carbocycles. The number of benzene rings is 1. The van der Waals surface area contributed by atoms with Gasteiger partial charge >= 0.3 is 5.76 Å². The molecule has 0 spiro atoms. The summed E-state index contributed by atoms with van der Waals surface area (Å²) in [5, 5.41) is 6.52. The Hall–Kier alpha value is -2.37. The number of hydrogen-bond donors (Lipinski definition) is 2. The molecule has 0 atom stereocenters. The second-order valence-corrected chi connectivity index (χ2v) is 4.99. The lowest BCUT2D eigenvalue weighted by atomic mass is 10.1. The molecule has 0 saturated heterocycles. The maximum absolute atomic E-state index is 12.0. The highest BCUT2D eigenvalue weighted by Gasteiger charge is 2.22. The summed E-state index contributed by atoms with van der Waals surface area (Å²) < 4.78 is 4.45. The Labute approximate surface area is 115 Å². The van der Waals surface area contributed by atoms with Crippen LogP contribution in [0.5, 0.6) is 0 Å². The smallest absolute Gasteiger partial charge is 0.326 e. The highest BCUT2D eigenvalue weighted by molar-refractivity contribution is 5.92. The van der Waals surface area contributed by atoms with Crippen molar-refractivity contribution < 1.29 is 9.32 Å². The highest BCUT2D eigenvalue weighted by atomic mass is 16.5. The molecule has 1 aromatic heterocycles. The molecule has 20 heavy (non-hydrogen) atoms. The number of carbonyl (C=O) groups excluding carboxylic acids is 1. The number of nitrogens with zero attached hydrogens (tertiary/aromatic N) is 1. The van der Waals surface area contributed by atoms with Crippen LogP contribution in [0.15, 0.2) is 33.6 Å². The van der Waals surface area contributed by atoms with Crippen LogP contribution in [0.3, 0.4) is 0 Å². The minimum absolute atomic E-state index is 0.0880. The number of H-pyrrole nitrogens is 1. The van der Waals surface area contributed by atoms with Gasteiger partial charge in [0.2, 0.25) is 5.91 Å². The van der Waals surface area contributed by atoms with Crippen molar-refractivity contribution in [2.45, 2.75) is 25.7 Å². The minimum Gasteiger partial charge on any atom is -0.326 e. The first kappa shape index (κ1) is 12.7. The first-order chi connectivity index (χ1) is 9.72. The minimum atomic E-state index is -0.585. The van der Waals surface area contributed by atoms with E-state index in [-0.39, 0.29) is 11.8 Å².